The molecule has 0 radical (unpaired) electrons. The van der Waals surface area contributed by atoms with Crippen molar-refractivity contribution in [1.82, 2.24) is 14.7 Å². The summed E-state index contributed by atoms with van der Waals surface area (Å²) in [4.78, 5) is 24.0. The number of pyridine rings is 2. The summed E-state index contributed by atoms with van der Waals surface area (Å²) in [5.41, 5.74) is 9.58. The Labute approximate surface area is 206 Å². The first-order chi connectivity index (χ1) is 16.4. The molecule has 3 N–H and O–H groups in total. The number of sulfonamides is 1. The van der Waals surface area contributed by atoms with E-state index in [2.05, 4.69) is 41.4 Å². The molecule has 1 saturated heterocycles. The number of rotatable bonds is 5. The molecule has 4 rings (SSSR count). The van der Waals surface area contributed by atoms with Gasteiger partial charge in [0.1, 0.15) is 16.5 Å². The molecular weight excluding hydrogens is 462 g/mol. The van der Waals surface area contributed by atoms with Crippen molar-refractivity contribution in [3.8, 4) is 11.3 Å². The number of nitrogens with one attached hydrogen (secondary N) is 1. The number of aromatic nitrogens is 2. The van der Waals surface area contributed by atoms with Gasteiger partial charge in [-0.05, 0) is 69.9 Å². The van der Waals surface area contributed by atoms with E-state index in [1.54, 1.807) is 12.1 Å². The molecule has 1 amide bonds. The minimum Gasteiger partial charge on any atom is -0.383 e. The number of carbonyl (C=O) groups is 1. The Hall–Kier alpha value is -3.46. The topological polar surface area (TPSA) is 118 Å². The van der Waals surface area contributed by atoms with Crippen molar-refractivity contribution in [2.24, 2.45) is 5.92 Å². The number of benzene rings is 1. The molecule has 0 spiro atoms. The number of nitrogens with two attached hydrogens (primary N) is 1. The Kier molecular flexibility index (Phi) is 6.31. The SMILES string of the molecule is Cc1ccc(-c2ccc(C(=O)NS(=O)(=O)c3cccnc3N)c(N3CCC(C)C3(C)C)n2)c(C)c1. The fraction of sp³-hybridized carbons (Fsp3) is 0.346. The van der Waals surface area contributed by atoms with Crippen LogP contribution in [0.15, 0.2) is 53.6 Å². The summed E-state index contributed by atoms with van der Waals surface area (Å²) >= 11 is 0. The van der Waals surface area contributed by atoms with Gasteiger partial charge in [-0.2, -0.15) is 0 Å². The molecule has 0 aliphatic carbocycles. The van der Waals surface area contributed by atoms with Crippen molar-refractivity contribution in [3.63, 3.8) is 0 Å². The van der Waals surface area contributed by atoms with Crippen molar-refractivity contribution < 1.29 is 13.2 Å². The van der Waals surface area contributed by atoms with Crippen molar-refractivity contribution in [3.05, 3.63) is 65.4 Å². The first-order valence-corrected chi connectivity index (χ1v) is 13.0. The van der Waals surface area contributed by atoms with Gasteiger partial charge in [0.25, 0.3) is 15.9 Å². The van der Waals surface area contributed by atoms with Crippen LogP contribution in [-0.2, 0) is 10.0 Å². The Morgan fingerprint density at radius 3 is 2.54 bits per heavy atom. The minimum absolute atomic E-state index is 0.175. The first kappa shape index (κ1) is 24.7. The first-order valence-electron chi connectivity index (χ1n) is 11.6. The van der Waals surface area contributed by atoms with Crippen LogP contribution in [0.5, 0.6) is 0 Å². The van der Waals surface area contributed by atoms with Crippen LogP contribution < -0.4 is 15.4 Å². The van der Waals surface area contributed by atoms with Crippen LogP contribution in [-0.4, -0.2) is 36.4 Å². The molecule has 3 heterocycles. The molecule has 1 aromatic carbocycles. The van der Waals surface area contributed by atoms with E-state index in [1.165, 1.54) is 18.3 Å². The molecule has 35 heavy (non-hydrogen) atoms. The van der Waals surface area contributed by atoms with Crippen molar-refractivity contribution in [1.29, 1.82) is 0 Å². The molecule has 9 heteroatoms. The molecule has 1 unspecified atom stereocenters. The second-order valence-electron chi connectivity index (χ2n) is 9.70. The monoisotopic (exact) mass is 493 g/mol. The van der Waals surface area contributed by atoms with Crippen LogP contribution in [0.2, 0.25) is 0 Å². The predicted molar refractivity (Wildman–Crippen MR) is 138 cm³/mol. The second kappa shape index (κ2) is 8.96. The van der Waals surface area contributed by atoms with Crippen LogP contribution in [0, 0.1) is 19.8 Å². The highest BCUT2D eigenvalue weighted by Gasteiger charge is 2.41. The summed E-state index contributed by atoms with van der Waals surface area (Å²) in [6.45, 7) is 11.2. The molecule has 1 aliphatic heterocycles. The summed E-state index contributed by atoms with van der Waals surface area (Å²) in [6, 6.07) is 12.3. The molecule has 1 aliphatic rings. The summed E-state index contributed by atoms with van der Waals surface area (Å²) in [7, 11) is -4.23. The fourth-order valence-electron chi connectivity index (χ4n) is 4.55. The number of amides is 1. The van der Waals surface area contributed by atoms with Gasteiger partial charge < -0.3 is 10.6 Å². The molecule has 0 saturated carbocycles. The third-order valence-electron chi connectivity index (χ3n) is 7.04. The Balaban J connectivity index is 1.80. The highest BCUT2D eigenvalue weighted by Crippen LogP contribution is 2.39. The summed E-state index contributed by atoms with van der Waals surface area (Å²) in [5, 5.41) is 0. The normalized spacial score (nSPS) is 17.4. The fourth-order valence-corrected chi connectivity index (χ4v) is 5.60. The largest absolute Gasteiger partial charge is 0.383 e. The third kappa shape index (κ3) is 4.60. The van der Waals surface area contributed by atoms with Crippen LogP contribution in [0.25, 0.3) is 11.3 Å². The lowest BCUT2D eigenvalue weighted by atomic mass is 9.90. The molecule has 1 atom stereocenters. The molecule has 0 bridgehead atoms. The predicted octanol–water partition coefficient (Wildman–Crippen LogP) is 4.09. The van der Waals surface area contributed by atoms with Crippen LogP contribution in [0.3, 0.4) is 0 Å². The maximum absolute atomic E-state index is 13.4. The van der Waals surface area contributed by atoms with Crippen molar-refractivity contribution >= 4 is 27.6 Å². The molecule has 184 valence electrons. The van der Waals surface area contributed by atoms with Gasteiger partial charge in [-0.15, -0.1) is 0 Å². The van der Waals surface area contributed by atoms with Crippen LogP contribution >= 0.6 is 0 Å². The van der Waals surface area contributed by atoms with E-state index in [0.29, 0.717) is 18.3 Å². The van der Waals surface area contributed by atoms with E-state index in [0.717, 1.165) is 28.8 Å². The molecular formula is C26H31N5O3S. The highest BCUT2D eigenvalue weighted by molar-refractivity contribution is 7.90. The van der Waals surface area contributed by atoms with Gasteiger partial charge in [0, 0.05) is 23.8 Å². The lowest BCUT2D eigenvalue weighted by molar-refractivity contribution is 0.0981. The van der Waals surface area contributed by atoms with E-state index in [1.807, 2.05) is 26.0 Å². The third-order valence-corrected chi connectivity index (χ3v) is 8.42. The zero-order valence-electron chi connectivity index (χ0n) is 20.7. The average Bonchev–Trinajstić information content (AvgIpc) is 3.05. The number of carbonyl (C=O) groups excluding carboxylic acids is 1. The number of anilines is 2. The summed E-state index contributed by atoms with van der Waals surface area (Å²) in [6.07, 6.45) is 2.33. The second-order valence-corrected chi connectivity index (χ2v) is 11.4. The molecule has 8 nitrogen and oxygen atoms in total. The van der Waals surface area contributed by atoms with Gasteiger partial charge in [0.15, 0.2) is 0 Å². The standard InChI is InChI=1S/C26H31N5O3S/c1-16-8-9-19(17(2)15-16)21-11-10-20(24(29-21)31-14-12-18(3)26(31,4)5)25(32)30-35(33,34)22-7-6-13-28-23(22)27/h6-11,13,15,18H,12,14H2,1-5H3,(H2,27,28)(H,30,32). The van der Waals surface area contributed by atoms with E-state index in [4.69, 9.17) is 10.7 Å². The number of nitrogen functional groups attached to an aromatic ring is 1. The minimum atomic E-state index is -4.23. The van der Waals surface area contributed by atoms with Crippen molar-refractivity contribution in [2.45, 2.75) is 51.5 Å². The van der Waals surface area contributed by atoms with E-state index in [9.17, 15) is 13.2 Å². The van der Waals surface area contributed by atoms with E-state index >= 15 is 0 Å². The van der Waals surface area contributed by atoms with Gasteiger partial charge >= 0.3 is 0 Å². The molecule has 1 fully saturated rings. The molecule has 3 aromatic rings. The van der Waals surface area contributed by atoms with Gasteiger partial charge in [0.05, 0.1) is 11.3 Å². The Morgan fingerprint density at radius 2 is 1.91 bits per heavy atom. The average molecular weight is 494 g/mol. The van der Waals surface area contributed by atoms with E-state index < -0.39 is 15.9 Å². The lowest BCUT2D eigenvalue weighted by Crippen LogP contribution is -2.43. The van der Waals surface area contributed by atoms with Gasteiger partial charge in [0.2, 0.25) is 0 Å². The van der Waals surface area contributed by atoms with Crippen LogP contribution in [0.4, 0.5) is 11.6 Å². The zero-order chi connectivity index (χ0) is 25.5. The lowest BCUT2D eigenvalue weighted by Gasteiger charge is -2.36. The highest BCUT2D eigenvalue weighted by atomic mass is 32.2. The summed E-state index contributed by atoms with van der Waals surface area (Å²) in [5.74, 6) is -0.114. The van der Waals surface area contributed by atoms with E-state index in [-0.39, 0.29) is 21.8 Å². The van der Waals surface area contributed by atoms with Gasteiger partial charge in [-0.25, -0.2) is 23.1 Å². The molecule has 2 aromatic heterocycles. The maximum Gasteiger partial charge on any atom is 0.268 e. The maximum atomic E-state index is 13.4. The zero-order valence-corrected chi connectivity index (χ0v) is 21.5. The summed E-state index contributed by atoms with van der Waals surface area (Å²) < 4.78 is 28.0. The van der Waals surface area contributed by atoms with Gasteiger partial charge in [-0.1, -0.05) is 30.7 Å². The smallest absolute Gasteiger partial charge is 0.268 e. The Morgan fingerprint density at radius 1 is 1.17 bits per heavy atom. The quantitative estimate of drug-likeness (QED) is 0.550. The Bertz CT molecular complexity index is 1400. The number of nitrogens with zero attached hydrogens (tertiary/aromatic N) is 3. The van der Waals surface area contributed by atoms with Crippen LogP contribution in [0.1, 0.15) is 48.7 Å². The number of hydrogen-bond acceptors (Lipinski definition) is 7. The van der Waals surface area contributed by atoms with Gasteiger partial charge in [-0.3, -0.25) is 4.79 Å². The number of hydrogen-bond donors (Lipinski definition) is 2. The van der Waals surface area contributed by atoms with Crippen molar-refractivity contribution in [2.75, 3.05) is 17.2 Å². The number of aryl methyl sites for hydroxylation is 2.